The number of aromatic amines is 1. The zero-order valence-corrected chi connectivity index (χ0v) is 11.1. The number of methoxy groups -OCH3 is 1. The van der Waals surface area contributed by atoms with Crippen LogP contribution >= 0.6 is 0 Å². The van der Waals surface area contributed by atoms with Crippen LogP contribution in [0.5, 0.6) is 0 Å². The van der Waals surface area contributed by atoms with Gasteiger partial charge in [0.15, 0.2) is 0 Å². The SMILES string of the molecule is COCC(O)CN(C)C(=O)c1ccc2cc[nH]c2c1. The van der Waals surface area contributed by atoms with E-state index in [1.54, 1.807) is 13.1 Å². The molecular weight excluding hydrogens is 244 g/mol. The van der Waals surface area contributed by atoms with Gasteiger partial charge in [-0.3, -0.25) is 4.79 Å². The van der Waals surface area contributed by atoms with Crippen LogP contribution in [0.3, 0.4) is 0 Å². The molecule has 0 saturated heterocycles. The van der Waals surface area contributed by atoms with Crippen molar-refractivity contribution in [3.8, 4) is 0 Å². The highest BCUT2D eigenvalue weighted by Gasteiger charge is 2.15. The molecule has 0 fully saturated rings. The second-order valence-corrected chi connectivity index (χ2v) is 4.57. The monoisotopic (exact) mass is 262 g/mol. The van der Waals surface area contributed by atoms with E-state index in [0.29, 0.717) is 5.56 Å². The first-order valence-electron chi connectivity index (χ1n) is 6.11. The molecule has 19 heavy (non-hydrogen) atoms. The molecule has 1 aromatic heterocycles. The minimum absolute atomic E-state index is 0.119. The summed E-state index contributed by atoms with van der Waals surface area (Å²) in [6.45, 7) is 0.461. The molecule has 0 aliphatic carbocycles. The number of benzene rings is 1. The summed E-state index contributed by atoms with van der Waals surface area (Å²) < 4.78 is 4.84. The van der Waals surface area contributed by atoms with E-state index < -0.39 is 6.10 Å². The van der Waals surface area contributed by atoms with Gasteiger partial charge in [0.2, 0.25) is 0 Å². The fraction of sp³-hybridized carbons (Fsp3) is 0.357. The number of amides is 1. The van der Waals surface area contributed by atoms with Crippen LogP contribution in [0.4, 0.5) is 0 Å². The Morgan fingerprint density at radius 2 is 2.26 bits per heavy atom. The number of aliphatic hydroxyl groups is 1. The fourth-order valence-corrected chi connectivity index (χ4v) is 2.05. The van der Waals surface area contributed by atoms with E-state index in [4.69, 9.17) is 4.74 Å². The summed E-state index contributed by atoms with van der Waals surface area (Å²) in [5.74, 6) is -0.119. The van der Waals surface area contributed by atoms with E-state index in [1.807, 2.05) is 24.4 Å². The maximum absolute atomic E-state index is 12.2. The van der Waals surface area contributed by atoms with Crippen molar-refractivity contribution in [2.24, 2.45) is 0 Å². The standard InChI is InChI=1S/C14H18N2O3/c1-16(8-12(17)9-19-2)14(18)11-4-3-10-5-6-15-13(10)7-11/h3-7,12,15,17H,8-9H2,1-2H3. The van der Waals surface area contributed by atoms with Gasteiger partial charge in [-0.05, 0) is 23.6 Å². The molecule has 1 unspecified atom stereocenters. The molecule has 0 aliphatic heterocycles. The van der Waals surface area contributed by atoms with Crippen molar-refractivity contribution in [3.63, 3.8) is 0 Å². The first-order valence-corrected chi connectivity index (χ1v) is 6.11. The first kappa shape index (κ1) is 13.6. The first-order chi connectivity index (χ1) is 9.11. The summed E-state index contributed by atoms with van der Waals surface area (Å²) in [6, 6.07) is 7.46. The van der Waals surface area contributed by atoms with Gasteiger partial charge in [-0.15, -0.1) is 0 Å². The van der Waals surface area contributed by atoms with Gasteiger partial charge in [-0.25, -0.2) is 0 Å². The Balaban J connectivity index is 2.09. The van der Waals surface area contributed by atoms with Gasteiger partial charge >= 0.3 is 0 Å². The third kappa shape index (κ3) is 3.13. The van der Waals surface area contributed by atoms with Gasteiger partial charge < -0.3 is 19.7 Å². The maximum Gasteiger partial charge on any atom is 0.253 e. The minimum atomic E-state index is -0.673. The molecule has 2 aromatic rings. The van der Waals surface area contributed by atoms with Crippen LogP contribution < -0.4 is 0 Å². The van der Waals surface area contributed by atoms with Crippen LogP contribution in [-0.2, 0) is 4.74 Å². The lowest BCUT2D eigenvalue weighted by atomic mass is 10.1. The highest BCUT2D eigenvalue weighted by Crippen LogP contribution is 2.15. The van der Waals surface area contributed by atoms with Crippen LogP contribution in [-0.4, -0.2) is 54.3 Å². The number of aromatic nitrogens is 1. The van der Waals surface area contributed by atoms with Gasteiger partial charge in [0.25, 0.3) is 5.91 Å². The van der Waals surface area contributed by atoms with Crippen LogP contribution in [0.25, 0.3) is 10.9 Å². The van der Waals surface area contributed by atoms with Gasteiger partial charge in [0.1, 0.15) is 0 Å². The van der Waals surface area contributed by atoms with Crippen molar-refractivity contribution in [1.82, 2.24) is 9.88 Å². The summed E-state index contributed by atoms with van der Waals surface area (Å²) in [4.78, 5) is 16.8. The smallest absolute Gasteiger partial charge is 0.253 e. The molecule has 2 rings (SSSR count). The Morgan fingerprint density at radius 3 is 3.00 bits per heavy atom. The third-order valence-corrected chi connectivity index (χ3v) is 2.99. The number of carbonyl (C=O) groups excluding carboxylic acids is 1. The molecular formula is C14H18N2O3. The summed E-state index contributed by atoms with van der Waals surface area (Å²) in [5.41, 5.74) is 1.53. The van der Waals surface area contributed by atoms with Gasteiger partial charge in [0, 0.05) is 38.0 Å². The lowest BCUT2D eigenvalue weighted by molar-refractivity contribution is 0.0380. The average molecular weight is 262 g/mol. The number of aliphatic hydroxyl groups excluding tert-OH is 1. The normalized spacial score (nSPS) is 12.6. The molecule has 1 atom stereocenters. The molecule has 5 nitrogen and oxygen atoms in total. The number of likely N-dealkylation sites (N-methyl/N-ethyl adjacent to an activating group) is 1. The van der Waals surface area contributed by atoms with E-state index in [2.05, 4.69) is 4.98 Å². The Hall–Kier alpha value is -1.85. The molecule has 0 aliphatic rings. The number of H-pyrrole nitrogens is 1. The number of fused-ring (bicyclic) bond motifs is 1. The summed E-state index contributed by atoms with van der Waals surface area (Å²) in [7, 11) is 3.18. The van der Waals surface area contributed by atoms with E-state index >= 15 is 0 Å². The molecule has 0 spiro atoms. The number of hydrogen-bond donors (Lipinski definition) is 2. The summed E-state index contributed by atoms with van der Waals surface area (Å²) in [6.07, 6.45) is 1.17. The molecule has 1 amide bonds. The van der Waals surface area contributed by atoms with Crippen LogP contribution in [0.2, 0.25) is 0 Å². The molecule has 0 radical (unpaired) electrons. The third-order valence-electron chi connectivity index (χ3n) is 2.99. The molecule has 2 N–H and O–H groups in total. The minimum Gasteiger partial charge on any atom is -0.389 e. The Kier molecular flexibility index (Phi) is 4.19. The quantitative estimate of drug-likeness (QED) is 0.852. The van der Waals surface area contributed by atoms with Crippen LogP contribution in [0.1, 0.15) is 10.4 Å². The van der Waals surface area contributed by atoms with E-state index in [-0.39, 0.29) is 19.1 Å². The second kappa shape index (κ2) is 5.86. The fourth-order valence-electron chi connectivity index (χ4n) is 2.05. The zero-order valence-electron chi connectivity index (χ0n) is 11.1. The Labute approximate surface area is 111 Å². The highest BCUT2D eigenvalue weighted by atomic mass is 16.5. The molecule has 0 saturated carbocycles. The summed E-state index contributed by atoms with van der Waals surface area (Å²) >= 11 is 0. The molecule has 0 bridgehead atoms. The van der Waals surface area contributed by atoms with Crippen molar-refractivity contribution in [2.45, 2.75) is 6.10 Å². The van der Waals surface area contributed by atoms with Crippen LogP contribution in [0, 0.1) is 0 Å². The number of nitrogens with zero attached hydrogens (tertiary/aromatic N) is 1. The predicted molar refractivity (Wildman–Crippen MR) is 73.1 cm³/mol. The number of ether oxygens (including phenoxy) is 1. The largest absolute Gasteiger partial charge is 0.389 e. The Bertz CT molecular complexity index is 565. The topological polar surface area (TPSA) is 65.6 Å². The van der Waals surface area contributed by atoms with Gasteiger partial charge in [-0.2, -0.15) is 0 Å². The summed E-state index contributed by atoms with van der Waals surface area (Å²) in [5, 5.41) is 10.7. The Morgan fingerprint density at radius 1 is 1.47 bits per heavy atom. The average Bonchev–Trinajstić information content (AvgIpc) is 2.85. The van der Waals surface area contributed by atoms with E-state index in [1.165, 1.54) is 12.0 Å². The number of rotatable bonds is 5. The molecule has 102 valence electrons. The second-order valence-electron chi connectivity index (χ2n) is 4.57. The van der Waals surface area contributed by atoms with E-state index in [0.717, 1.165) is 10.9 Å². The number of hydrogen-bond acceptors (Lipinski definition) is 3. The van der Waals surface area contributed by atoms with Crippen molar-refractivity contribution >= 4 is 16.8 Å². The van der Waals surface area contributed by atoms with E-state index in [9.17, 15) is 9.90 Å². The molecule has 5 heteroatoms. The van der Waals surface area contributed by atoms with Gasteiger partial charge in [-0.1, -0.05) is 6.07 Å². The van der Waals surface area contributed by atoms with Crippen LogP contribution in [0.15, 0.2) is 30.5 Å². The van der Waals surface area contributed by atoms with Crippen molar-refractivity contribution in [1.29, 1.82) is 0 Å². The lowest BCUT2D eigenvalue weighted by Crippen LogP contribution is -2.36. The van der Waals surface area contributed by atoms with Crippen molar-refractivity contribution in [3.05, 3.63) is 36.0 Å². The lowest BCUT2D eigenvalue weighted by Gasteiger charge is -2.20. The molecule has 1 aromatic carbocycles. The molecule has 1 heterocycles. The predicted octanol–water partition coefficient (Wildman–Crippen LogP) is 1.25. The maximum atomic E-state index is 12.2. The highest BCUT2D eigenvalue weighted by molar-refractivity contribution is 5.97. The van der Waals surface area contributed by atoms with Crippen molar-refractivity contribution < 1.29 is 14.6 Å². The van der Waals surface area contributed by atoms with Crippen molar-refractivity contribution in [2.75, 3.05) is 27.3 Å². The number of nitrogens with one attached hydrogen (secondary N) is 1. The number of carbonyl (C=O) groups is 1. The van der Waals surface area contributed by atoms with Gasteiger partial charge in [0.05, 0.1) is 12.7 Å². The zero-order chi connectivity index (χ0) is 13.8.